The van der Waals surface area contributed by atoms with Crippen molar-refractivity contribution >= 4 is 0 Å². The van der Waals surface area contributed by atoms with Gasteiger partial charge in [-0.3, -0.25) is 4.90 Å². The van der Waals surface area contributed by atoms with Gasteiger partial charge in [0.25, 0.3) is 0 Å². The summed E-state index contributed by atoms with van der Waals surface area (Å²) in [7, 11) is 1.82. The maximum absolute atomic E-state index is 4.35. The number of hydrogen-bond donors (Lipinski definition) is 1. The number of rotatable bonds is 6. The standard InChI is InChI=1S/C15H30N6/c1-6-11(3)13-9-21(10-15-17-19-20(5)18-15)14(8-16-13)12(4)7-2/h11-14,16H,6-10H2,1-5H3. The van der Waals surface area contributed by atoms with Crippen LogP contribution in [0.5, 0.6) is 0 Å². The van der Waals surface area contributed by atoms with Crippen molar-refractivity contribution in [2.24, 2.45) is 18.9 Å². The molecule has 1 saturated heterocycles. The molecule has 6 heteroatoms. The highest BCUT2D eigenvalue weighted by Gasteiger charge is 2.33. The van der Waals surface area contributed by atoms with Crippen LogP contribution in [0.2, 0.25) is 0 Å². The van der Waals surface area contributed by atoms with Crippen molar-refractivity contribution in [2.75, 3.05) is 13.1 Å². The zero-order chi connectivity index (χ0) is 15.4. The van der Waals surface area contributed by atoms with Crippen LogP contribution in [0.4, 0.5) is 0 Å². The van der Waals surface area contributed by atoms with Gasteiger partial charge in [-0.2, -0.15) is 4.80 Å². The lowest BCUT2D eigenvalue weighted by Gasteiger charge is -2.44. The van der Waals surface area contributed by atoms with E-state index in [2.05, 4.69) is 53.3 Å². The van der Waals surface area contributed by atoms with Crippen molar-refractivity contribution in [2.45, 2.75) is 59.2 Å². The molecule has 0 amide bonds. The van der Waals surface area contributed by atoms with Gasteiger partial charge < -0.3 is 5.32 Å². The van der Waals surface area contributed by atoms with Gasteiger partial charge in [-0.1, -0.05) is 40.5 Å². The third kappa shape index (κ3) is 4.01. The summed E-state index contributed by atoms with van der Waals surface area (Å²) in [6.07, 6.45) is 2.41. The number of hydrogen-bond acceptors (Lipinski definition) is 5. The first kappa shape index (κ1) is 16.4. The van der Waals surface area contributed by atoms with E-state index in [1.54, 1.807) is 4.80 Å². The van der Waals surface area contributed by atoms with Crippen molar-refractivity contribution in [1.82, 2.24) is 30.4 Å². The fourth-order valence-electron chi connectivity index (χ4n) is 3.10. The summed E-state index contributed by atoms with van der Waals surface area (Å²) in [6, 6.07) is 1.12. The topological polar surface area (TPSA) is 58.9 Å². The number of piperazine rings is 1. The third-order valence-electron chi connectivity index (χ3n) is 5.02. The van der Waals surface area contributed by atoms with Crippen LogP contribution in [0.1, 0.15) is 46.4 Å². The van der Waals surface area contributed by atoms with Crippen LogP contribution in [0.15, 0.2) is 0 Å². The predicted octanol–water partition coefficient (Wildman–Crippen LogP) is 1.44. The van der Waals surface area contributed by atoms with E-state index in [-0.39, 0.29) is 0 Å². The molecular formula is C15H30N6. The Morgan fingerprint density at radius 3 is 2.52 bits per heavy atom. The van der Waals surface area contributed by atoms with E-state index in [9.17, 15) is 0 Å². The Morgan fingerprint density at radius 1 is 1.24 bits per heavy atom. The van der Waals surface area contributed by atoms with Crippen LogP contribution >= 0.6 is 0 Å². The minimum Gasteiger partial charge on any atom is -0.311 e. The molecule has 1 aromatic heterocycles. The molecule has 21 heavy (non-hydrogen) atoms. The Balaban J connectivity index is 2.08. The normalized spacial score (nSPS) is 26.7. The molecule has 4 unspecified atom stereocenters. The van der Waals surface area contributed by atoms with E-state index < -0.39 is 0 Å². The molecule has 2 rings (SSSR count). The van der Waals surface area contributed by atoms with E-state index in [1.807, 2.05) is 7.05 Å². The monoisotopic (exact) mass is 294 g/mol. The predicted molar refractivity (Wildman–Crippen MR) is 83.7 cm³/mol. The first-order valence-corrected chi connectivity index (χ1v) is 8.25. The van der Waals surface area contributed by atoms with Gasteiger partial charge >= 0.3 is 0 Å². The number of aryl methyl sites for hydroxylation is 1. The Morgan fingerprint density at radius 2 is 1.95 bits per heavy atom. The second-order valence-electron chi connectivity index (χ2n) is 6.48. The molecule has 120 valence electrons. The molecule has 1 fully saturated rings. The average Bonchev–Trinajstić information content (AvgIpc) is 2.90. The van der Waals surface area contributed by atoms with E-state index in [0.717, 1.165) is 25.5 Å². The summed E-state index contributed by atoms with van der Waals surface area (Å²) >= 11 is 0. The molecule has 0 aromatic carbocycles. The van der Waals surface area contributed by atoms with Gasteiger partial charge in [-0.15, -0.1) is 10.2 Å². The maximum Gasteiger partial charge on any atom is 0.188 e. The van der Waals surface area contributed by atoms with E-state index >= 15 is 0 Å². The minimum atomic E-state index is 0.555. The Kier molecular flexibility index (Phi) is 5.70. The van der Waals surface area contributed by atoms with Gasteiger partial charge in [-0.05, 0) is 17.0 Å². The largest absolute Gasteiger partial charge is 0.311 e. The summed E-state index contributed by atoms with van der Waals surface area (Å²) in [5.41, 5.74) is 0. The smallest absolute Gasteiger partial charge is 0.188 e. The quantitative estimate of drug-likeness (QED) is 0.860. The van der Waals surface area contributed by atoms with Crippen LogP contribution < -0.4 is 5.32 Å². The lowest BCUT2D eigenvalue weighted by Crippen LogP contribution is -2.59. The van der Waals surface area contributed by atoms with E-state index in [0.29, 0.717) is 23.9 Å². The van der Waals surface area contributed by atoms with Crippen molar-refractivity contribution in [3.05, 3.63) is 5.82 Å². The highest BCUT2D eigenvalue weighted by Crippen LogP contribution is 2.22. The number of aromatic nitrogens is 4. The molecular weight excluding hydrogens is 264 g/mol. The molecule has 1 N–H and O–H groups in total. The molecule has 1 aliphatic rings. The van der Waals surface area contributed by atoms with Crippen LogP contribution in [0.3, 0.4) is 0 Å². The molecule has 4 atom stereocenters. The fraction of sp³-hybridized carbons (Fsp3) is 0.933. The highest BCUT2D eigenvalue weighted by molar-refractivity contribution is 4.92. The summed E-state index contributed by atoms with van der Waals surface area (Å²) in [6.45, 7) is 12.1. The SMILES string of the molecule is CCC(C)C1CN(Cc2nnn(C)n2)C(C(C)CC)CN1. The molecule has 0 aliphatic carbocycles. The van der Waals surface area contributed by atoms with Crippen molar-refractivity contribution < 1.29 is 0 Å². The van der Waals surface area contributed by atoms with Crippen LogP contribution in [-0.4, -0.2) is 50.3 Å². The van der Waals surface area contributed by atoms with Crippen molar-refractivity contribution in [3.63, 3.8) is 0 Å². The van der Waals surface area contributed by atoms with Crippen LogP contribution in [0.25, 0.3) is 0 Å². The molecule has 2 heterocycles. The van der Waals surface area contributed by atoms with Crippen molar-refractivity contribution in [3.8, 4) is 0 Å². The zero-order valence-electron chi connectivity index (χ0n) is 14.1. The minimum absolute atomic E-state index is 0.555. The Labute approximate surface area is 128 Å². The first-order valence-electron chi connectivity index (χ1n) is 8.25. The highest BCUT2D eigenvalue weighted by atomic mass is 15.6. The molecule has 0 bridgehead atoms. The van der Waals surface area contributed by atoms with Crippen LogP contribution in [-0.2, 0) is 13.6 Å². The van der Waals surface area contributed by atoms with E-state index in [4.69, 9.17) is 0 Å². The van der Waals surface area contributed by atoms with Gasteiger partial charge in [0.05, 0.1) is 13.6 Å². The molecule has 1 aromatic rings. The number of nitrogens with one attached hydrogen (secondary N) is 1. The van der Waals surface area contributed by atoms with Gasteiger partial charge in [0.1, 0.15) is 0 Å². The van der Waals surface area contributed by atoms with Crippen molar-refractivity contribution in [1.29, 1.82) is 0 Å². The second-order valence-corrected chi connectivity index (χ2v) is 6.48. The summed E-state index contributed by atoms with van der Waals surface area (Å²) < 4.78 is 0. The zero-order valence-corrected chi connectivity index (χ0v) is 14.1. The number of nitrogens with zero attached hydrogens (tertiary/aromatic N) is 5. The summed E-state index contributed by atoms with van der Waals surface area (Å²) in [5, 5.41) is 16.2. The van der Waals surface area contributed by atoms with Gasteiger partial charge in [0.15, 0.2) is 5.82 Å². The van der Waals surface area contributed by atoms with Gasteiger partial charge in [-0.25, -0.2) is 0 Å². The molecule has 6 nitrogen and oxygen atoms in total. The van der Waals surface area contributed by atoms with E-state index in [1.165, 1.54) is 12.8 Å². The maximum atomic E-state index is 4.35. The first-order chi connectivity index (χ1) is 10.0. The Bertz CT molecular complexity index is 432. The summed E-state index contributed by atoms with van der Waals surface area (Å²) in [4.78, 5) is 4.10. The third-order valence-corrected chi connectivity index (χ3v) is 5.02. The molecule has 0 saturated carbocycles. The molecule has 1 aliphatic heterocycles. The average molecular weight is 294 g/mol. The molecule has 0 spiro atoms. The van der Waals surface area contributed by atoms with Gasteiger partial charge in [0, 0.05) is 25.2 Å². The molecule has 0 radical (unpaired) electrons. The second kappa shape index (κ2) is 7.31. The summed E-state index contributed by atoms with van der Waals surface area (Å²) in [5.74, 6) is 2.20. The number of tetrazole rings is 1. The Hall–Kier alpha value is -1.01. The fourth-order valence-corrected chi connectivity index (χ4v) is 3.10. The van der Waals surface area contributed by atoms with Gasteiger partial charge in [0.2, 0.25) is 0 Å². The lowest BCUT2D eigenvalue weighted by atomic mass is 9.90. The van der Waals surface area contributed by atoms with Crippen LogP contribution in [0, 0.1) is 11.8 Å². The lowest BCUT2D eigenvalue weighted by molar-refractivity contribution is 0.0670.